The molecule has 21 heavy (non-hydrogen) atoms. The number of piperidine rings is 1. The second-order valence-electron chi connectivity index (χ2n) is 5.25. The number of hydrogen-bond donors (Lipinski definition) is 1. The number of fused-ring (bicyclic) bond motifs is 1. The van der Waals surface area contributed by atoms with Gasteiger partial charge in [0.15, 0.2) is 0 Å². The Kier molecular flexibility index (Phi) is 3.60. The van der Waals surface area contributed by atoms with Gasteiger partial charge in [-0.15, -0.1) is 0 Å². The third-order valence-corrected chi connectivity index (χ3v) is 3.91. The molecule has 1 aliphatic rings. The molecule has 1 aromatic carbocycles. The minimum absolute atomic E-state index is 0.0555. The molecule has 6 nitrogen and oxygen atoms in total. The molecule has 6 heteroatoms. The summed E-state index contributed by atoms with van der Waals surface area (Å²) in [6.45, 7) is 1.10. The third kappa shape index (κ3) is 2.61. The minimum atomic E-state index is -0.239. The van der Waals surface area contributed by atoms with Gasteiger partial charge < -0.3 is 14.6 Å². The Labute approximate surface area is 122 Å². The predicted octanol–water partition coefficient (Wildman–Crippen LogP) is 1.59. The summed E-state index contributed by atoms with van der Waals surface area (Å²) in [6, 6.07) is 5.39. The second-order valence-corrected chi connectivity index (χ2v) is 5.25. The Bertz CT molecular complexity index is 680. The summed E-state index contributed by atoms with van der Waals surface area (Å²) in [4.78, 5) is 33.1. The number of nitrogens with one attached hydrogen (secondary N) is 1. The number of ether oxygens (including phenoxy) is 1. The van der Waals surface area contributed by atoms with Crippen molar-refractivity contribution in [3.63, 3.8) is 0 Å². The van der Waals surface area contributed by atoms with E-state index in [1.807, 2.05) is 6.07 Å². The first-order valence-corrected chi connectivity index (χ1v) is 6.99. The van der Waals surface area contributed by atoms with E-state index in [2.05, 4.69) is 9.97 Å². The third-order valence-electron chi connectivity index (χ3n) is 3.91. The van der Waals surface area contributed by atoms with Gasteiger partial charge >= 0.3 is 5.97 Å². The highest BCUT2D eigenvalue weighted by atomic mass is 16.5. The van der Waals surface area contributed by atoms with Crippen molar-refractivity contribution in [2.24, 2.45) is 5.92 Å². The molecule has 0 saturated carbocycles. The van der Waals surface area contributed by atoms with Crippen LogP contribution < -0.4 is 0 Å². The standard InChI is InChI=1S/C15H17N3O3/c1-21-15(20)11-3-2-6-18(8-11)14(19)10-4-5-12-13(7-10)17-9-16-12/h4-5,7,9,11H,2-3,6,8H2,1H3,(H,16,17)/t11-/m0/s1. The Morgan fingerprint density at radius 3 is 3.10 bits per heavy atom. The molecule has 1 N–H and O–H groups in total. The zero-order valence-corrected chi connectivity index (χ0v) is 11.8. The van der Waals surface area contributed by atoms with Crippen LogP contribution in [0.1, 0.15) is 23.2 Å². The van der Waals surface area contributed by atoms with Crippen molar-refractivity contribution in [3.05, 3.63) is 30.1 Å². The Balaban J connectivity index is 1.78. The molecular weight excluding hydrogens is 270 g/mol. The van der Waals surface area contributed by atoms with Gasteiger partial charge in [0.25, 0.3) is 5.91 Å². The number of nitrogens with zero attached hydrogens (tertiary/aromatic N) is 2. The number of carbonyl (C=O) groups excluding carboxylic acids is 2. The first kappa shape index (κ1) is 13.6. The van der Waals surface area contributed by atoms with E-state index < -0.39 is 0 Å². The fourth-order valence-electron chi connectivity index (χ4n) is 2.77. The van der Waals surface area contributed by atoms with Crippen LogP contribution in [-0.4, -0.2) is 46.9 Å². The van der Waals surface area contributed by atoms with Crippen LogP contribution in [0, 0.1) is 5.92 Å². The van der Waals surface area contributed by atoms with E-state index in [-0.39, 0.29) is 17.8 Å². The molecule has 0 aliphatic carbocycles. The summed E-state index contributed by atoms with van der Waals surface area (Å²) in [7, 11) is 1.38. The van der Waals surface area contributed by atoms with Crippen LogP contribution in [-0.2, 0) is 9.53 Å². The molecule has 2 aromatic rings. The quantitative estimate of drug-likeness (QED) is 0.851. The van der Waals surface area contributed by atoms with Crippen molar-refractivity contribution in [1.82, 2.24) is 14.9 Å². The number of esters is 1. The molecule has 0 unspecified atom stereocenters. The summed E-state index contributed by atoms with van der Waals surface area (Å²) < 4.78 is 4.78. The Morgan fingerprint density at radius 1 is 1.43 bits per heavy atom. The maximum atomic E-state index is 12.6. The topological polar surface area (TPSA) is 75.3 Å². The van der Waals surface area contributed by atoms with E-state index in [1.165, 1.54) is 7.11 Å². The molecule has 1 aromatic heterocycles. The second kappa shape index (κ2) is 5.55. The summed E-state index contributed by atoms with van der Waals surface area (Å²) in [5.41, 5.74) is 2.28. The average Bonchev–Trinajstić information content (AvgIpc) is 3.01. The fraction of sp³-hybridized carbons (Fsp3) is 0.400. The molecular formula is C15H17N3O3. The van der Waals surface area contributed by atoms with E-state index in [1.54, 1.807) is 23.4 Å². The number of rotatable bonds is 2. The number of amides is 1. The van der Waals surface area contributed by atoms with Crippen LogP contribution in [0.2, 0.25) is 0 Å². The molecule has 0 spiro atoms. The molecule has 1 atom stereocenters. The monoisotopic (exact) mass is 287 g/mol. The summed E-state index contributed by atoms with van der Waals surface area (Å²) in [5.74, 6) is -0.514. The number of benzene rings is 1. The highest BCUT2D eigenvalue weighted by Crippen LogP contribution is 2.21. The van der Waals surface area contributed by atoms with Crippen LogP contribution in [0.15, 0.2) is 24.5 Å². The van der Waals surface area contributed by atoms with Gasteiger partial charge in [-0.1, -0.05) is 0 Å². The number of aromatic nitrogens is 2. The lowest BCUT2D eigenvalue weighted by Gasteiger charge is -2.31. The van der Waals surface area contributed by atoms with Gasteiger partial charge in [0, 0.05) is 18.7 Å². The van der Waals surface area contributed by atoms with Crippen molar-refractivity contribution >= 4 is 22.9 Å². The van der Waals surface area contributed by atoms with Crippen molar-refractivity contribution in [3.8, 4) is 0 Å². The first-order chi connectivity index (χ1) is 10.2. The van der Waals surface area contributed by atoms with Crippen molar-refractivity contribution in [2.75, 3.05) is 20.2 Å². The van der Waals surface area contributed by atoms with E-state index in [0.29, 0.717) is 18.7 Å². The fourth-order valence-corrected chi connectivity index (χ4v) is 2.77. The van der Waals surface area contributed by atoms with E-state index in [0.717, 1.165) is 23.9 Å². The summed E-state index contributed by atoms with van der Waals surface area (Å²) >= 11 is 0. The van der Waals surface area contributed by atoms with E-state index in [4.69, 9.17) is 4.74 Å². The normalized spacial score (nSPS) is 18.7. The molecule has 1 saturated heterocycles. The first-order valence-electron chi connectivity index (χ1n) is 6.99. The highest BCUT2D eigenvalue weighted by molar-refractivity contribution is 5.97. The maximum Gasteiger partial charge on any atom is 0.310 e. The lowest BCUT2D eigenvalue weighted by Crippen LogP contribution is -2.42. The van der Waals surface area contributed by atoms with Crippen molar-refractivity contribution in [1.29, 1.82) is 0 Å². The van der Waals surface area contributed by atoms with Crippen molar-refractivity contribution < 1.29 is 14.3 Å². The molecule has 1 fully saturated rings. The Hall–Kier alpha value is -2.37. The van der Waals surface area contributed by atoms with Crippen molar-refractivity contribution in [2.45, 2.75) is 12.8 Å². The van der Waals surface area contributed by atoms with Gasteiger partial charge in [0.2, 0.25) is 0 Å². The average molecular weight is 287 g/mol. The number of hydrogen-bond acceptors (Lipinski definition) is 4. The van der Waals surface area contributed by atoms with Gasteiger partial charge in [0.1, 0.15) is 0 Å². The minimum Gasteiger partial charge on any atom is -0.469 e. The van der Waals surface area contributed by atoms with Gasteiger partial charge in [-0.25, -0.2) is 4.98 Å². The molecule has 1 amide bonds. The zero-order chi connectivity index (χ0) is 14.8. The van der Waals surface area contributed by atoms with Crippen LogP contribution >= 0.6 is 0 Å². The molecule has 3 rings (SSSR count). The predicted molar refractivity (Wildman–Crippen MR) is 76.7 cm³/mol. The van der Waals surface area contributed by atoms with E-state index >= 15 is 0 Å². The number of aromatic amines is 1. The van der Waals surface area contributed by atoms with Gasteiger partial charge in [0.05, 0.1) is 30.4 Å². The summed E-state index contributed by atoms with van der Waals surface area (Å²) in [5, 5.41) is 0. The number of carbonyl (C=O) groups is 2. The summed E-state index contributed by atoms with van der Waals surface area (Å²) in [6.07, 6.45) is 3.20. The molecule has 1 aliphatic heterocycles. The lowest BCUT2D eigenvalue weighted by atomic mass is 9.97. The lowest BCUT2D eigenvalue weighted by molar-refractivity contribution is -0.146. The zero-order valence-electron chi connectivity index (χ0n) is 11.8. The smallest absolute Gasteiger partial charge is 0.310 e. The molecule has 0 radical (unpaired) electrons. The Morgan fingerprint density at radius 2 is 2.29 bits per heavy atom. The van der Waals surface area contributed by atoms with Crippen LogP contribution in [0.5, 0.6) is 0 Å². The number of likely N-dealkylation sites (tertiary alicyclic amines) is 1. The van der Waals surface area contributed by atoms with Gasteiger partial charge in [-0.2, -0.15) is 0 Å². The molecule has 2 heterocycles. The van der Waals surface area contributed by atoms with Crippen LogP contribution in [0.4, 0.5) is 0 Å². The largest absolute Gasteiger partial charge is 0.469 e. The highest BCUT2D eigenvalue weighted by Gasteiger charge is 2.29. The SMILES string of the molecule is COC(=O)[C@H]1CCCN(C(=O)c2ccc3nc[nH]c3c2)C1. The van der Waals surface area contributed by atoms with Crippen LogP contribution in [0.3, 0.4) is 0 Å². The number of methoxy groups -OCH3 is 1. The van der Waals surface area contributed by atoms with E-state index in [9.17, 15) is 9.59 Å². The van der Waals surface area contributed by atoms with Crippen LogP contribution in [0.25, 0.3) is 11.0 Å². The molecule has 0 bridgehead atoms. The maximum absolute atomic E-state index is 12.6. The van der Waals surface area contributed by atoms with Gasteiger partial charge in [-0.05, 0) is 31.0 Å². The number of imidazole rings is 1. The van der Waals surface area contributed by atoms with Gasteiger partial charge in [-0.3, -0.25) is 9.59 Å². The number of H-pyrrole nitrogens is 1. The molecule has 110 valence electrons.